The van der Waals surface area contributed by atoms with Crippen LogP contribution in [0.1, 0.15) is 32.1 Å². The fourth-order valence-corrected chi connectivity index (χ4v) is 3.01. The molecule has 0 aliphatic heterocycles. The predicted octanol–water partition coefficient (Wildman–Crippen LogP) is 3.80. The van der Waals surface area contributed by atoms with Crippen molar-refractivity contribution in [3.05, 3.63) is 54.9 Å². The predicted molar refractivity (Wildman–Crippen MR) is 85.8 cm³/mol. The van der Waals surface area contributed by atoms with Crippen molar-refractivity contribution in [3.63, 3.8) is 0 Å². The maximum absolute atomic E-state index is 12.3. The number of carbonyl (C=O) groups is 1. The lowest BCUT2D eigenvalue weighted by Crippen LogP contribution is -2.37. The molecule has 4 heteroatoms. The Morgan fingerprint density at radius 3 is 2.59 bits per heavy atom. The Morgan fingerprint density at radius 2 is 1.91 bits per heavy atom. The number of benzene rings is 1. The van der Waals surface area contributed by atoms with Crippen LogP contribution in [0.4, 0.5) is 5.69 Å². The molecule has 114 valence electrons. The van der Waals surface area contributed by atoms with Crippen molar-refractivity contribution in [2.24, 2.45) is 0 Å². The van der Waals surface area contributed by atoms with Gasteiger partial charge in [0.25, 0.3) is 0 Å². The van der Waals surface area contributed by atoms with E-state index in [4.69, 9.17) is 4.74 Å². The summed E-state index contributed by atoms with van der Waals surface area (Å²) >= 11 is 0. The van der Waals surface area contributed by atoms with E-state index >= 15 is 0 Å². The highest BCUT2D eigenvalue weighted by atomic mass is 16.5. The van der Waals surface area contributed by atoms with Crippen LogP contribution in [0.15, 0.2) is 54.9 Å². The van der Waals surface area contributed by atoms with Crippen LogP contribution in [-0.2, 0) is 4.79 Å². The topological polar surface area (TPSA) is 51.2 Å². The second-order valence-electron chi connectivity index (χ2n) is 5.77. The first-order valence-electron chi connectivity index (χ1n) is 7.70. The number of anilines is 1. The lowest BCUT2D eigenvalue weighted by atomic mass is 9.96. The van der Waals surface area contributed by atoms with E-state index in [-0.39, 0.29) is 11.5 Å². The molecule has 1 aliphatic carbocycles. The molecule has 2 aromatic rings. The molecular weight excluding hydrogens is 276 g/mol. The van der Waals surface area contributed by atoms with Gasteiger partial charge >= 0.3 is 0 Å². The summed E-state index contributed by atoms with van der Waals surface area (Å²) in [5.74, 6) is 0.810. The van der Waals surface area contributed by atoms with Crippen molar-refractivity contribution in [3.8, 4) is 5.75 Å². The first-order valence-corrected chi connectivity index (χ1v) is 7.70. The van der Waals surface area contributed by atoms with E-state index in [1.165, 1.54) is 0 Å². The number of nitrogens with zero attached hydrogens (tertiary/aromatic N) is 1. The molecule has 0 saturated heterocycles. The average Bonchev–Trinajstić information content (AvgIpc) is 2.97. The number of ether oxygens (including phenoxy) is 1. The molecule has 0 unspecified atom stereocenters. The summed E-state index contributed by atoms with van der Waals surface area (Å²) in [5, 5.41) is 2.90. The van der Waals surface area contributed by atoms with Crippen LogP contribution in [0.25, 0.3) is 0 Å². The highest BCUT2D eigenvalue weighted by molar-refractivity contribution is 5.91. The lowest BCUT2D eigenvalue weighted by molar-refractivity contribution is -0.120. The Morgan fingerprint density at radius 1 is 1.14 bits per heavy atom. The number of amides is 1. The van der Waals surface area contributed by atoms with Gasteiger partial charge < -0.3 is 10.1 Å². The minimum absolute atomic E-state index is 0.0224. The van der Waals surface area contributed by atoms with Crippen LogP contribution >= 0.6 is 0 Å². The molecule has 1 aromatic carbocycles. The second kappa shape index (κ2) is 6.60. The molecule has 1 N–H and O–H groups in total. The van der Waals surface area contributed by atoms with Gasteiger partial charge in [0.05, 0.1) is 18.3 Å². The van der Waals surface area contributed by atoms with Gasteiger partial charge in [0, 0.05) is 6.20 Å². The van der Waals surface area contributed by atoms with E-state index in [2.05, 4.69) is 10.3 Å². The third-order valence-electron chi connectivity index (χ3n) is 4.02. The molecule has 1 aromatic heterocycles. The van der Waals surface area contributed by atoms with Gasteiger partial charge in [-0.05, 0) is 49.9 Å². The van der Waals surface area contributed by atoms with Gasteiger partial charge in [0.2, 0.25) is 5.91 Å². The van der Waals surface area contributed by atoms with E-state index < -0.39 is 0 Å². The fourth-order valence-electron chi connectivity index (χ4n) is 3.01. The van der Waals surface area contributed by atoms with Crippen molar-refractivity contribution in [1.82, 2.24) is 4.98 Å². The molecule has 0 radical (unpaired) electrons. The normalized spacial score (nSPS) is 16.2. The molecule has 3 rings (SSSR count). The molecule has 22 heavy (non-hydrogen) atoms. The largest absolute Gasteiger partial charge is 0.487 e. The second-order valence-corrected chi connectivity index (χ2v) is 5.77. The van der Waals surface area contributed by atoms with E-state index in [1.807, 2.05) is 36.4 Å². The Balaban J connectivity index is 1.67. The first kappa shape index (κ1) is 14.6. The Hall–Kier alpha value is -2.36. The SMILES string of the molecule is O=C(CC1(Oc2ccccc2)CCCC1)Nc1cccnc1. The van der Waals surface area contributed by atoms with Crippen LogP contribution in [0, 0.1) is 0 Å². The highest BCUT2D eigenvalue weighted by Gasteiger charge is 2.38. The number of rotatable bonds is 5. The van der Waals surface area contributed by atoms with Crippen LogP contribution in [0.3, 0.4) is 0 Å². The number of nitrogens with one attached hydrogen (secondary N) is 1. The minimum atomic E-state index is -0.381. The fraction of sp³-hybridized carbons (Fsp3) is 0.333. The quantitative estimate of drug-likeness (QED) is 0.913. The third-order valence-corrected chi connectivity index (χ3v) is 4.02. The number of pyridine rings is 1. The highest BCUT2D eigenvalue weighted by Crippen LogP contribution is 2.37. The minimum Gasteiger partial charge on any atom is -0.487 e. The van der Waals surface area contributed by atoms with E-state index in [0.29, 0.717) is 6.42 Å². The summed E-state index contributed by atoms with van der Waals surface area (Å²) in [6.45, 7) is 0. The number of hydrogen-bond acceptors (Lipinski definition) is 3. The molecular formula is C18H20N2O2. The lowest BCUT2D eigenvalue weighted by Gasteiger charge is -2.29. The van der Waals surface area contributed by atoms with Crippen LogP contribution < -0.4 is 10.1 Å². The van der Waals surface area contributed by atoms with E-state index in [9.17, 15) is 4.79 Å². The van der Waals surface area contributed by atoms with Crippen LogP contribution in [0.2, 0.25) is 0 Å². The third kappa shape index (κ3) is 3.64. The zero-order valence-electron chi connectivity index (χ0n) is 12.5. The number of hydrogen-bond donors (Lipinski definition) is 1. The zero-order valence-corrected chi connectivity index (χ0v) is 12.5. The van der Waals surface area contributed by atoms with Gasteiger partial charge in [-0.25, -0.2) is 0 Å². The molecule has 0 spiro atoms. The number of carbonyl (C=O) groups excluding carboxylic acids is 1. The number of para-hydroxylation sites is 1. The maximum Gasteiger partial charge on any atom is 0.228 e. The molecule has 1 saturated carbocycles. The van der Waals surface area contributed by atoms with Gasteiger partial charge in [-0.1, -0.05) is 18.2 Å². The van der Waals surface area contributed by atoms with Crippen molar-refractivity contribution in [2.75, 3.05) is 5.32 Å². The molecule has 0 bridgehead atoms. The van der Waals surface area contributed by atoms with Crippen molar-refractivity contribution < 1.29 is 9.53 Å². The molecule has 1 fully saturated rings. The summed E-state index contributed by atoms with van der Waals surface area (Å²) < 4.78 is 6.19. The van der Waals surface area contributed by atoms with Gasteiger partial charge in [0.1, 0.15) is 11.4 Å². The van der Waals surface area contributed by atoms with Gasteiger partial charge in [-0.2, -0.15) is 0 Å². The summed E-state index contributed by atoms with van der Waals surface area (Å²) in [6.07, 6.45) is 7.76. The van der Waals surface area contributed by atoms with Gasteiger partial charge in [0.15, 0.2) is 0 Å². The van der Waals surface area contributed by atoms with Crippen molar-refractivity contribution in [1.29, 1.82) is 0 Å². The van der Waals surface area contributed by atoms with Gasteiger partial charge in [-0.3, -0.25) is 9.78 Å². The zero-order chi connectivity index (χ0) is 15.3. The molecule has 1 heterocycles. The smallest absolute Gasteiger partial charge is 0.228 e. The Kier molecular flexibility index (Phi) is 4.37. The van der Waals surface area contributed by atoms with Crippen molar-refractivity contribution in [2.45, 2.75) is 37.7 Å². The molecule has 4 nitrogen and oxygen atoms in total. The van der Waals surface area contributed by atoms with Crippen LogP contribution in [0.5, 0.6) is 5.75 Å². The summed E-state index contributed by atoms with van der Waals surface area (Å²) in [4.78, 5) is 16.4. The Bertz CT molecular complexity index is 607. The summed E-state index contributed by atoms with van der Waals surface area (Å²) in [5.41, 5.74) is 0.341. The maximum atomic E-state index is 12.3. The average molecular weight is 296 g/mol. The monoisotopic (exact) mass is 296 g/mol. The van der Waals surface area contributed by atoms with Crippen LogP contribution in [-0.4, -0.2) is 16.5 Å². The van der Waals surface area contributed by atoms with E-state index in [0.717, 1.165) is 37.1 Å². The summed E-state index contributed by atoms with van der Waals surface area (Å²) in [7, 11) is 0. The van der Waals surface area contributed by atoms with E-state index in [1.54, 1.807) is 18.5 Å². The standard InChI is InChI=1S/C18H20N2O2/c21-17(20-15-7-6-12-19-14-15)13-18(10-4-5-11-18)22-16-8-2-1-3-9-16/h1-3,6-9,12,14H,4-5,10-11,13H2,(H,20,21). The Labute approximate surface area is 130 Å². The molecule has 1 amide bonds. The first-order chi connectivity index (χ1) is 10.8. The van der Waals surface area contributed by atoms with Gasteiger partial charge in [-0.15, -0.1) is 0 Å². The van der Waals surface area contributed by atoms with Crippen molar-refractivity contribution >= 4 is 11.6 Å². The molecule has 0 atom stereocenters. The number of aromatic nitrogens is 1. The summed E-state index contributed by atoms with van der Waals surface area (Å²) in [6, 6.07) is 13.4. The molecule has 1 aliphatic rings.